The van der Waals surface area contributed by atoms with Crippen LogP contribution in [0.2, 0.25) is 0 Å². The highest BCUT2D eigenvalue weighted by atomic mass is 16.5. The SMILES string of the molecule is C[n+]1cc(C(C)(C)C)co1. The average Bonchev–Trinajstić information content (AvgIpc) is 2.11. The highest BCUT2D eigenvalue weighted by Gasteiger charge is 2.19. The topological polar surface area (TPSA) is 17.0 Å². The van der Waals surface area contributed by atoms with Gasteiger partial charge in [-0.1, -0.05) is 20.8 Å². The fraction of sp³-hybridized carbons (Fsp3) is 0.625. The second-order valence-corrected chi connectivity index (χ2v) is 3.60. The van der Waals surface area contributed by atoms with E-state index in [1.165, 1.54) is 5.56 Å². The molecule has 0 aliphatic carbocycles. The lowest BCUT2D eigenvalue weighted by atomic mass is 9.90. The number of hydrogen-bond donors (Lipinski definition) is 0. The molecule has 0 atom stereocenters. The van der Waals surface area contributed by atoms with Gasteiger partial charge in [0.1, 0.15) is 0 Å². The van der Waals surface area contributed by atoms with Crippen LogP contribution >= 0.6 is 0 Å². The van der Waals surface area contributed by atoms with E-state index >= 15 is 0 Å². The molecule has 10 heavy (non-hydrogen) atoms. The van der Waals surface area contributed by atoms with Crippen LogP contribution in [0.3, 0.4) is 0 Å². The summed E-state index contributed by atoms with van der Waals surface area (Å²) in [6.45, 7) is 6.49. The van der Waals surface area contributed by atoms with Crippen molar-refractivity contribution in [1.82, 2.24) is 0 Å². The predicted octanol–water partition coefficient (Wildman–Crippen LogP) is 1.40. The summed E-state index contributed by atoms with van der Waals surface area (Å²) < 4.78 is 6.82. The molecule has 0 aliphatic heterocycles. The normalized spacial score (nSPS) is 12.0. The van der Waals surface area contributed by atoms with Crippen LogP contribution in [-0.2, 0) is 12.5 Å². The Morgan fingerprint density at radius 2 is 2.00 bits per heavy atom. The third-order valence-electron chi connectivity index (χ3n) is 1.53. The van der Waals surface area contributed by atoms with Gasteiger partial charge in [-0.2, -0.15) is 0 Å². The molecule has 0 fully saturated rings. The summed E-state index contributed by atoms with van der Waals surface area (Å²) in [5, 5.41) is 0. The van der Waals surface area contributed by atoms with Crippen LogP contribution in [0.25, 0.3) is 0 Å². The molecule has 0 radical (unpaired) electrons. The molecular formula is C8H14NO+. The minimum Gasteiger partial charge on any atom is -0.245 e. The number of rotatable bonds is 0. The molecule has 1 aromatic heterocycles. The van der Waals surface area contributed by atoms with Crippen molar-refractivity contribution < 1.29 is 9.26 Å². The molecule has 0 aliphatic rings. The Morgan fingerprint density at radius 3 is 2.20 bits per heavy atom. The van der Waals surface area contributed by atoms with Crippen LogP contribution in [-0.4, -0.2) is 0 Å². The predicted molar refractivity (Wildman–Crippen MR) is 38.6 cm³/mol. The van der Waals surface area contributed by atoms with Crippen molar-refractivity contribution >= 4 is 0 Å². The summed E-state index contributed by atoms with van der Waals surface area (Å²) in [6.07, 6.45) is 3.79. The standard InChI is InChI=1S/C8H14NO/c1-8(2,3)7-5-9(4)10-6-7/h5-6H,1-4H3/q+1. The van der Waals surface area contributed by atoms with Gasteiger partial charge >= 0.3 is 0 Å². The van der Waals surface area contributed by atoms with E-state index in [1.54, 1.807) is 11.0 Å². The molecule has 1 rings (SSSR count). The van der Waals surface area contributed by atoms with Crippen LogP contribution in [0.5, 0.6) is 0 Å². The molecule has 0 unspecified atom stereocenters. The molecule has 56 valence electrons. The minimum atomic E-state index is 0.199. The first-order valence-electron chi connectivity index (χ1n) is 3.45. The molecule has 0 bridgehead atoms. The average molecular weight is 140 g/mol. The largest absolute Gasteiger partial charge is 0.245 e. The fourth-order valence-corrected chi connectivity index (χ4v) is 0.767. The van der Waals surface area contributed by atoms with Crippen molar-refractivity contribution in [1.29, 1.82) is 0 Å². The zero-order valence-corrected chi connectivity index (χ0v) is 7.01. The lowest BCUT2D eigenvalue weighted by molar-refractivity contribution is -0.845. The number of nitrogens with zero attached hydrogens (tertiary/aromatic N) is 1. The van der Waals surface area contributed by atoms with Crippen LogP contribution < -0.4 is 4.74 Å². The Kier molecular flexibility index (Phi) is 1.55. The second-order valence-electron chi connectivity index (χ2n) is 3.60. The molecule has 2 nitrogen and oxygen atoms in total. The van der Waals surface area contributed by atoms with Gasteiger partial charge < -0.3 is 0 Å². The maximum absolute atomic E-state index is 5.11. The summed E-state index contributed by atoms with van der Waals surface area (Å²) in [5.74, 6) is 0. The Morgan fingerprint density at radius 1 is 1.40 bits per heavy atom. The van der Waals surface area contributed by atoms with Gasteiger partial charge in [-0.25, -0.2) is 4.52 Å². The zero-order valence-electron chi connectivity index (χ0n) is 7.01. The van der Waals surface area contributed by atoms with Gasteiger partial charge in [-0.15, -0.1) is 0 Å². The van der Waals surface area contributed by atoms with Crippen molar-refractivity contribution in [3.63, 3.8) is 0 Å². The van der Waals surface area contributed by atoms with Gasteiger partial charge in [-0.05, 0) is 10.2 Å². The highest BCUT2D eigenvalue weighted by Crippen LogP contribution is 2.19. The van der Waals surface area contributed by atoms with Crippen LogP contribution in [0.1, 0.15) is 26.3 Å². The molecule has 0 spiro atoms. The van der Waals surface area contributed by atoms with Gasteiger partial charge in [0.05, 0.1) is 5.56 Å². The van der Waals surface area contributed by atoms with E-state index in [9.17, 15) is 0 Å². The maximum Gasteiger partial charge on any atom is 0.222 e. The van der Waals surface area contributed by atoms with Gasteiger partial charge in [0.15, 0.2) is 13.3 Å². The molecule has 1 heterocycles. The first-order valence-corrected chi connectivity index (χ1v) is 3.45. The van der Waals surface area contributed by atoms with Gasteiger partial charge in [0, 0.05) is 0 Å². The monoisotopic (exact) mass is 140 g/mol. The summed E-state index contributed by atoms with van der Waals surface area (Å²) in [7, 11) is 1.88. The van der Waals surface area contributed by atoms with E-state index < -0.39 is 0 Å². The first kappa shape index (κ1) is 7.32. The lowest BCUT2D eigenvalue weighted by Gasteiger charge is -2.11. The van der Waals surface area contributed by atoms with Crippen LogP contribution in [0.15, 0.2) is 17.0 Å². The van der Waals surface area contributed by atoms with E-state index in [0.29, 0.717) is 0 Å². The van der Waals surface area contributed by atoms with Crippen molar-refractivity contribution in [2.75, 3.05) is 0 Å². The Bertz CT molecular complexity index is 219. The molecule has 0 saturated carbocycles. The van der Waals surface area contributed by atoms with E-state index in [4.69, 9.17) is 4.52 Å². The summed E-state index contributed by atoms with van der Waals surface area (Å²) in [6, 6.07) is 0. The third-order valence-corrected chi connectivity index (χ3v) is 1.53. The number of aromatic nitrogens is 1. The number of hydrogen-bond acceptors (Lipinski definition) is 1. The molecule has 1 aromatic rings. The van der Waals surface area contributed by atoms with Crippen molar-refractivity contribution in [2.45, 2.75) is 26.2 Å². The van der Waals surface area contributed by atoms with Gasteiger partial charge in [0.25, 0.3) is 0 Å². The molecular weight excluding hydrogens is 126 g/mol. The minimum absolute atomic E-state index is 0.199. The highest BCUT2D eigenvalue weighted by molar-refractivity contribution is 5.10. The smallest absolute Gasteiger partial charge is 0.222 e. The quantitative estimate of drug-likeness (QED) is 0.498. The lowest BCUT2D eigenvalue weighted by Crippen LogP contribution is -2.24. The molecule has 2 heteroatoms. The van der Waals surface area contributed by atoms with E-state index in [1.807, 2.05) is 13.2 Å². The van der Waals surface area contributed by atoms with Gasteiger partial charge in [0.2, 0.25) is 6.20 Å². The molecule has 0 N–H and O–H groups in total. The van der Waals surface area contributed by atoms with E-state index in [0.717, 1.165) is 0 Å². The Hall–Kier alpha value is -0.790. The zero-order chi connectivity index (χ0) is 7.78. The third kappa shape index (κ3) is 1.38. The van der Waals surface area contributed by atoms with Crippen LogP contribution in [0.4, 0.5) is 0 Å². The molecule has 0 aromatic carbocycles. The van der Waals surface area contributed by atoms with Crippen LogP contribution in [0, 0.1) is 0 Å². The Labute approximate surface area is 61.4 Å². The summed E-state index contributed by atoms with van der Waals surface area (Å²) in [5.41, 5.74) is 1.43. The summed E-state index contributed by atoms with van der Waals surface area (Å²) in [4.78, 5) is 0. The first-order chi connectivity index (χ1) is 4.50. The Balaban J connectivity index is 2.96. The van der Waals surface area contributed by atoms with Crippen molar-refractivity contribution in [3.8, 4) is 0 Å². The fourth-order valence-electron chi connectivity index (χ4n) is 0.767. The second kappa shape index (κ2) is 2.11. The van der Waals surface area contributed by atoms with E-state index in [-0.39, 0.29) is 5.41 Å². The van der Waals surface area contributed by atoms with Crippen molar-refractivity contribution in [2.24, 2.45) is 7.05 Å². The molecule has 0 saturated heterocycles. The van der Waals surface area contributed by atoms with Gasteiger partial charge in [-0.3, -0.25) is 0 Å². The summed E-state index contributed by atoms with van der Waals surface area (Å²) >= 11 is 0. The van der Waals surface area contributed by atoms with Crippen molar-refractivity contribution in [3.05, 3.63) is 18.0 Å². The van der Waals surface area contributed by atoms with E-state index in [2.05, 4.69) is 20.8 Å². The maximum atomic E-state index is 5.11. The number of aryl methyl sites for hydroxylation is 1. The molecule has 0 amide bonds.